The molecule has 2 heterocycles. The number of benzene rings is 1. The van der Waals surface area contributed by atoms with Crippen LogP contribution in [0.15, 0.2) is 34.4 Å². The van der Waals surface area contributed by atoms with Crippen molar-refractivity contribution < 1.29 is 18.7 Å². The Kier molecular flexibility index (Phi) is 5.55. The maximum absolute atomic E-state index is 13.7. The monoisotopic (exact) mass is 403 g/mol. The summed E-state index contributed by atoms with van der Waals surface area (Å²) >= 11 is 1.11. The van der Waals surface area contributed by atoms with Crippen LogP contribution in [0.3, 0.4) is 0 Å². The molecule has 0 atom stereocenters. The fraction of sp³-hybridized carbons (Fsp3) is 0.263. The zero-order chi connectivity index (χ0) is 20.4. The number of carbonyl (C=O) groups is 2. The highest BCUT2D eigenvalue weighted by Gasteiger charge is 2.23. The predicted octanol–water partition coefficient (Wildman–Crippen LogP) is 3.36. The average molecular weight is 403 g/mol. The first-order chi connectivity index (χ1) is 13.3. The van der Waals surface area contributed by atoms with Crippen molar-refractivity contribution in [2.75, 3.05) is 11.9 Å². The number of esters is 1. The third-order valence-electron chi connectivity index (χ3n) is 3.94. The zero-order valence-electron chi connectivity index (χ0n) is 15.5. The maximum Gasteiger partial charge on any atom is 0.359 e. The van der Waals surface area contributed by atoms with E-state index in [2.05, 4.69) is 10.4 Å². The van der Waals surface area contributed by atoms with Crippen molar-refractivity contribution in [2.45, 2.75) is 20.8 Å². The van der Waals surface area contributed by atoms with Gasteiger partial charge in [-0.3, -0.25) is 9.59 Å². The summed E-state index contributed by atoms with van der Waals surface area (Å²) < 4.78 is 19.7. The van der Waals surface area contributed by atoms with Gasteiger partial charge in [0, 0.05) is 16.7 Å². The molecule has 9 heteroatoms. The minimum absolute atomic E-state index is 0.0815. The van der Waals surface area contributed by atoms with Crippen LogP contribution in [-0.4, -0.2) is 28.3 Å². The van der Waals surface area contributed by atoms with E-state index in [-0.39, 0.29) is 40.6 Å². The summed E-state index contributed by atoms with van der Waals surface area (Å²) in [6, 6.07) is 5.30. The van der Waals surface area contributed by atoms with E-state index in [1.807, 2.05) is 0 Å². The van der Waals surface area contributed by atoms with Crippen LogP contribution in [0, 0.1) is 11.7 Å². The number of nitrogens with one attached hydrogen (secondary N) is 1. The smallest absolute Gasteiger partial charge is 0.359 e. The first-order valence-electron chi connectivity index (χ1n) is 8.62. The Bertz CT molecular complexity index is 1120. The predicted molar refractivity (Wildman–Crippen MR) is 105 cm³/mol. The number of fused-ring (bicyclic) bond motifs is 1. The fourth-order valence-electron chi connectivity index (χ4n) is 2.53. The molecule has 0 saturated carbocycles. The maximum atomic E-state index is 13.7. The number of amides is 1. The van der Waals surface area contributed by atoms with Crippen molar-refractivity contribution in [3.05, 3.63) is 51.5 Å². The van der Waals surface area contributed by atoms with E-state index in [9.17, 15) is 18.8 Å². The van der Waals surface area contributed by atoms with Gasteiger partial charge in [-0.2, -0.15) is 9.78 Å². The summed E-state index contributed by atoms with van der Waals surface area (Å²) in [6.45, 7) is 5.23. The molecule has 0 aliphatic rings. The van der Waals surface area contributed by atoms with Crippen LogP contribution in [0.2, 0.25) is 0 Å². The van der Waals surface area contributed by atoms with Crippen molar-refractivity contribution in [2.24, 2.45) is 5.92 Å². The van der Waals surface area contributed by atoms with Gasteiger partial charge in [0.25, 0.3) is 5.56 Å². The molecule has 0 aliphatic heterocycles. The molecule has 146 valence electrons. The summed E-state index contributed by atoms with van der Waals surface area (Å²) in [5.41, 5.74) is -0.499. The minimum Gasteiger partial charge on any atom is -0.461 e. The van der Waals surface area contributed by atoms with E-state index in [4.69, 9.17) is 4.74 Å². The van der Waals surface area contributed by atoms with Gasteiger partial charge >= 0.3 is 5.97 Å². The van der Waals surface area contributed by atoms with Crippen LogP contribution in [0.1, 0.15) is 31.3 Å². The molecule has 0 radical (unpaired) electrons. The molecule has 3 aromatic rings. The van der Waals surface area contributed by atoms with Crippen LogP contribution in [0.5, 0.6) is 0 Å². The number of nitrogens with zero attached hydrogens (tertiary/aromatic N) is 2. The highest BCUT2D eigenvalue weighted by atomic mass is 32.1. The second-order valence-corrected chi connectivity index (χ2v) is 7.14. The molecule has 1 N–H and O–H groups in total. The highest BCUT2D eigenvalue weighted by Crippen LogP contribution is 2.31. The summed E-state index contributed by atoms with van der Waals surface area (Å²) in [6.07, 6.45) is 0. The van der Waals surface area contributed by atoms with Crippen LogP contribution < -0.4 is 10.9 Å². The van der Waals surface area contributed by atoms with Crippen molar-refractivity contribution >= 4 is 39.0 Å². The molecular weight excluding hydrogens is 385 g/mol. The Hall–Kier alpha value is -3.07. The third-order valence-corrected chi connectivity index (χ3v) is 4.83. The standard InChI is InChI=1S/C19H18FN3O4S/c1-4-27-19(26)15-13-9-28-17(21-16(24)10(2)3)14(13)18(25)23(22-15)12-7-5-6-11(20)8-12/h5-10H,4H2,1-3H3,(H,21,24). The first kappa shape index (κ1) is 19.7. The normalized spacial score (nSPS) is 11.0. The third kappa shape index (κ3) is 3.65. The summed E-state index contributed by atoms with van der Waals surface area (Å²) in [4.78, 5) is 37.6. The molecule has 1 amide bonds. The number of ether oxygens (including phenoxy) is 1. The minimum atomic E-state index is -0.711. The Morgan fingerprint density at radius 2 is 2.11 bits per heavy atom. The van der Waals surface area contributed by atoms with Gasteiger partial charge in [-0.1, -0.05) is 19.9 Å². The Morgan fingerprint density at radius 1 is 1.36 bits per heavy atom. The van der Waals surface area contributed by atoms with E-state index >= 15 is 0 Å². The Labute approximate surface area is 163 Å². The number of hydrogen-bond acceptors (Lipinski definition) is 6. The van der Waals surface area contributed by atoms with Crippen LogP contribution in [0.25, 0.3) is 16.5 Å². The lowest BCUT2D eigenvalue weighted by Gasteiger charge is -2.10. The molecule has 0 saturated heterocycles. The van der Waals surface area contributed by atoms with Gasteiger partial charge in [-0.25, -0.2) is 9.18 Å². The van der Waals surface area contributed by atoms with Gasteiger partial charge < -0.3 is 10.1 Å². The van der Waals surface area contributed by atoms with E-state index in [1.165, 1.54) is 18.2 Å². The quantitative estimate of drug-likeness (QED) is 0.660. The number of halogens is 1. The average Bonchev–Trinajstić information content (AvgIpc) is 3.06. The van der Waals surface area contributed by atoms with Gasteiger partial charge in [-0.15, -0.1) is 11.3 Å². The lowest BCUT2D eigenvalue weighted by molar-refractivity contribution is -0.118. The van der Waals surface area contributed by atoms with Gasteiger partial charge in [-0.05, 0) is 25.1 Å². The SMILES string of the molecule is CCOC(=O)c1nn(-c2cccc(F)c2)c(=O)c2c(NC(=O)C(C)C)scc12. The topological polar surface area (TPSA) is 90.3 Å². The van der Waals surface area contributed by atoms with Crippen LogP contribution >= 0.6 is 11.3 Å². The molecule has 0 fully saturated rings. The number of carbonyl (C=O) groups excluding carboxylic acids is 2. The lowest BCUT2D eigenvalue weighted by Crippen LogP contribution is -2.26. The Balaban J connectivity index is 2.29. The first-order valence-corrected chi connectivity index (χ1v) is 9.49. The number of thiophene rings is 1. The number of aromatic nitrogens is 2. The molecule has 0 spiro atoms. The second-order valence-electron chi connectivity index (χ2n) is 6.26. The van der Waals surface area contributed by atoms with Crippen LogP contribution in [-0.2, 0) is 9.53 Å². The Morgan fingerprint density at radius 3 is 2.75 bits per heavy atom. The van der Waals surface area contributed by atoms with E-state index < -0.39 is 17.3 Å². The van der Waals surface area contributed by atoms with E-state index in [1.54, 1.807) is 26.2 Å². The van der Waals surface area contributed by atoms with E-state index in [0.29, 0.717) is 5.00 Å². The molecule has 3 rings (SSSR count). The molecule has 2 aromatic heterocycles. The highest BCUT2D eigenvalue weighted by molar-refractivity contribution is 7.16. The number of hydrogen-bond donors (Lipinski definition) is 1. The summed E-state index contributed by atoms with van der Waals surface area (Å²) in [7, 11) is 0. The van der Waals surface area contributed by atoms with Crippen LogP contribution in [0.4, 0.5) is 9.39 Å². The van der Waals surface area contributed by atoms with Crippen molar-refractivity contribution in [1.82, 2.24) is 9.78 Å². The molecule has 0 aliphatic carbocycles. The molecule has 0 unspecified atom stereocenters. The van der Waals surface area contributed by atoms with Gasteiger partial charge in [0.1, 0.15) is 10.8 Å². The van der Waals surface area contributed by atoms with E-state index in [0.717, 1.165) is 22.1 Å². The van der Waals surface area contributed by atoms with Gasteiger partial charge in [0.05, 0.1) is 17.7 Å². The van der Waals surface area contributed by atoms with Crippen molar-refractivity contribution in [3.63, 3.8) is 0 Å². The fourth-order valence-corrected chi connectivity index (χ4v) is 3.47. The lowest BCUT2D eigenvalue weighted by atomic mass is 10.2. The van der Waals surface area contributed by atoms with Gasteiger partial charge in [0.15, 0.2) is 5.69 Å². The second kappa shape index (κ2) is 7.89. The molecule has 7 nitrogen and oxygen atoms in total. The zero-order valence-corrected chi connectivity index (χ0v) is 16.3. The van der Waals surface area contributed by atoms with Crippen molar-refractivity contribution in [3.8, 4) is 5.69 Å². The largest absolute Gasteiger partial charge is 0.461 e. The molecule has 1 aromatic carbocycles. The summed E-state index contributed by atoms with van der Waals surface area (Å²) in [5, 5.41) is 9.10. The summed E-state index contributed by atoms with van der Waals surface area (Å²) in [5.74, 6) is -1.83. The number of rotatable bonds is 5. The van der Waals surface area contributed by atoms with Gasteiger partial charge in [0.2, 0.25) is 5.91 Å². The van der Waals surface area contributed by atoms with Crippen molar-refractivity contribution in [1.29, 1.82) is 0 Å². The molecule has 28 heavy (non-hydrogen) atoms. The molecular formula is C19H18FN3O4S. The number of anilines is 1. The molecule has 0 bridgehead atoms.